The lowest BCUT2D eigenvalue weighted by atomic mass is 10.2. The van der Waals surface area contributed by atoms with Crippen LogP contribution in [0.3, 0.4) is 0 Å². The summed E-state index contributed by atoms with van der Waals surface area (Å²) in [5.41, 5.74) is 1.81. The van der Waals surface area contributed by atoms with Gasteiger partial charge in [-0.1, -0.05) is 11.3 Å². The first-order chi connectivity index (χ1) is 10.6. The van der Waals surface area contributed by atoms with E-state index in [0.29, 0.717) is 11.7 Å². The first kappa shape index (κ1) is 14.8. The topological polar surface area (TPSA) is 45.7 Å². The molecule has 1 fully saturated rings. The minimum absolute atomic E-state index is 0.0381. The summed E-state index contributed by atoms with van der Waals surface area (Å²) in [6, 6.07) is 7.69. The summed E-state index contributed by atoms with van der Waals surface area (Å²) in [5.74, 6) is 0.0653. The van der Waals surface area contributed by atoms with E-state index in [0.717, 1.165) is 24.2 Å². The number of thiazole rings is 1. The summed E-state index contributed by atoms with van der Waals surface area (Å²) in [7, 11) is 3.97. The van der Waals surface area contributed by atoms with E-state index >= 15 is 0 Å². The maximum Gasteiger partial charge on any atom is 0.273 e. The van der Waals surface area contributed by atoms with E-state index in [4.69, 9.17) is 4.74 Å². The summed E-state index contributed by atoms with van der Waals surface area (Å²) in [5, 5.41) is 2.56. The Bertz CT molecular complexity index is 625. The number of hydrogen-bond acceptors (Lipinski definition) is 5. The van der Waals surface area contributed by atoms with E-state index < -0.39 is 0 Å². The Morgan fingerprint density at radius 2 is 2.14 bits per heavy atom. The van der Waals surface area contributed by atoms with Crippen LogP contribution in [0.1, 0.15) is 16.8 Å². The zero-order valence-corrected chi connectivity index (χ0v) is 13.5. The molecule has 1 saturated heterocycles. The zero-order valence-electron chi connectivity index (χ0n) is 12.7. The van der Waals surface area contributed by atoms with E-state index in [9.17, 15) is 4.79 Å². The monoisotopic (exact) mass is 317 g/mol. The third kappa shape index (κ3) is 3.22. The van der Waals surface area contributed by atoms with Gasteiger partial charge in [0.15, 0.2) is 0 Å². The number of nitrogens with zero attached hydrogens (tertiary/aromatic N) is 3. The summed E-state index contributed by atoms with van der Waals surface area (Å²) in [4.78, 5) is 20.5. The lowest BCUT2D eigenvalue weighted by Crippen LogP contribution is -2.30. The number of likely N-dealkylation sites (tertiary alicyclic amines) is 1. The van der Waals surface area contributed by atoms with E-state index in [1.54, 1.807) is 6.20 Å². The molecule has 0 bridgehead atoms. The van der Waals surface area contributed by atoms with Crippen LogP contribution in [0.2, 0.25) is 0 Å². The van der Waals surface area contributed by atoms with Crippen LogP contribution >= 0.6 is 11.3 Å². The Kier molecular flexibility index (Phi) is 4.29. The number of carbonyl (C=O) groups is 1. The molecule has 1 aromatic carbocycles. The molecule has 3 rings (SSSR count). The van der Waals surface area contributed by atoms with Crippen molar-refractivity contribution in [3.63, 3.8) is 0 Å². The maximum atomic E-state index is 12.5. The lowest BCUT2D eigenvalue weighted by Gasteiger charge is -2.17. The highest BCUT2D eigenvalue weighted by Crippen LogP contribution is 2.22. The minimum atomic E-state index is 0.0381. The highest BCUT2D eigenvalue weighted by atomic mass is 32.1. The second-order valence-electron chi connectivity index (χ2n) is 5.52. The third-order valence-electron chi connectivity index (χ3n) is 3.74. The van der Waals surface area contributed by atoms with Gasteiger partial charge in [0.25, 0.3) is 11.1 Å². The molecule has 1 aromatic heterocycles. The highest BCUT2D eigenvalue weighted by molar-refractivity contribution is 7.11. The lowest BCUT2D eigenvalue weighted by molar-refractivity contribution is 0.0772. The second kappa shape index (κ2) is 6.36. The molecular weight excluding hydrogens is 298 g/mol. The van der Waals surface area contributed by atoms with Crippen LogP contribution in [0.4, 0.5) is 5.69 Å². The number of amides is 1. The Balaban J connectivity index is 1.61. The molecular formula is C16H19N3O2S. The fourth-order valence-electron chi connectivity index (χ4n) is 2.50. The fourth-order valence-corrected chi connectivity index (χ4v) is 3.06. The van der Waals surface area contributed by atoms with Gasteiger partial charge < -0.3 is 14.5 Å². The molecule has 0 aliphatic carbocycles. The van der Waals surface area contributed by atoms with Crippen molar-refractivity contribution in [3.05, 3.63) is 41.4 Å². The zero-order chi connectivity index (χ0) is 15.5. The Morgan fingerprint density at radius 1 is 1.36 bits per heavy atom. The van der Waals surface area contributed by atoms with Crippen LogP contribution in [-0.4, -0.2) is 49.1 Å². The van der Waals surface area contributed by atoms with Gasteiger partial charge in [-0.25, -0.2) is 4.98 Å². The normalized spacial score (nSPS) is 17.5. The molecule has 0 radical (unpaired) electrons. The van der Waals surface area contributed by atoms with Gasteiger partial charge in [0.1, 0.15) is 6.10 Å². The van der Waals surface area contributed by atoms with Gasteiger partial charge in [0, 0.05) is 49.9 Å². The van der Waals surface area contributed by atoms with Gasteiger partial charge in [-0.15, -0.1) is 0 Å². The van der Waals surface area contributed by atoms with E-state index in [1.807, 2.05) is 53.5 Å². The van der Waals surface area contributed by atoms with Crippen molar-refractivity contribution >= 4 is 22.9 Å². The number of carbonyl (C=O) groups excluding carboxylic acids is 1. The fraction of sp³-hybridized carbons (Fsp3) is 0.375. The standard InChI is InChI=1S/C16H19N3O2S/c1-18(2)13-5-3-12(4-6-13)15(20)19-9-7-14(11-19)21-16-17-8-10-22-16/h3-6,8,10,14H,7,9,11H2,1-2H3. The Labute approximate surface area is 134 Å². The molecule has 5 nitrogen and oxygen atoms in total. The van der Waals surface area contributed by atoms with Gasteiger partial charge in [-0.2, -0.15) is 0 Å². The molecule has 1 atom stereocenters. The van der Waals surface area contributed by atoms with E-state index in [2.05, 4.69) is 4.98 Å². The largest absolute Gasteiger partial charge is 0.465 e. The van der Waals surface area contributed by atoms with E-state index in [-0.39, 0.29) is 12.0 Å². The molecule has 0 spiro atoms. The highest BCUT2D eigenvalue weighted by Gasteiger charge is 2.28. The van der Waals surface area contributed by atoms with Gasteiger partial charge >= 0.3 is 0 Å². The van der Waals surface area contributed by atoms with Crippen molar-refractivity contribution in [1.82, 2.24) is 9.88 Å². The number of hydrogen-bond donors (Lipinski definition) is 0. The molecule has 22 heavy (non-hydrogen) atoms. The summed E-state index contributed by atoms with van der Waals surface area (Å²) in [6.45, 7) is 1.35. The number of aromatic nitrogens is 1. The molecule has 0 saturated carbocycles. The number of rotatable bonds is 4. The van der Waals surface area contributed by atoms with Crippen molar-refractivity contribution in [2.45, 2.75) is 12.5 Å². The first-order valence-corrected chi connectivity index (χ1v) is 8.14. The number of ether oxygens (including phenoxy) is 1. The average molecular weight is 317 g/mol. The Hall–Kier alpha value is -2.08. The number of benzene rings is 1. The first-order valence-electron chi connectivity index (χ1n) is 7.26. The number of anilines is 1. The minimum Gasteiger partial charge on any atom is -0.465 e. The van der Waals surface area contributed by atoms with Crippen LogP contribution in [0.5, 0.6) is 5.19 Å². The molecule has 1 unspecified atom stereocenters. The van der Waals surface area contributed by atoms with Gasteiger partial charge in [0.05, 0.1) is 6.54 Å². The third-order valence-corrected chi connectivity index (χ3v) is 4.40. The van der Waals surface area contributed by atoms with Crippen molar-refractivity contribution in [3.8, 4) is 5.19 Å². The molecule has 2 aromatic rings. The summed E-state index contributed by atoms with van der Waals surface area (Å²) < 4.78 is 5.79. The SMILES string of the molecule is CN(C)c1ccc(C(=O)N2CCC(Oc3nccs3)C2)cc1. The maximum absolute atomic E-state index is 12.5. The van der Waals surface area contributed by atoms with Crippen molar-refractivity contribution in [2.75, 3.05) is 32.1 Å². The molecule has 1 aliphatic heterocycles. The predicted octanol–water partition coefficient (Wildman–Crippen LogP) is 2.50. The molecule has 6 heteroatoms. The van der Waals surface area contributed by atoms with Gasteiger partial charge in [-0.3, -0.25) is 4.79 Å². The van der Waals surface area contributed by atoms with Crippen molar-refractivity contribution in [2.24, 2.45) is 0 Å². The van der Waals surface area contributed by atoms with Gasteiger partial charge in [-0.05, 0) is 24.3 Å². The average Bonchev–Trinajstić information content (AvgIpc) is 3.19. The summed E-state index contributed by atoms with van der Waals surface area (Å²) >= 11 is 1.48. The van der Waals surface area contributed by atoms with Crippen LogP contribution in [0.25, 0.3) is 0 Å². The van der Waals surface area contributed by atoms with Crippen molar-refractivity contribution in [1.29, 1.82) is 0 Å². The second-order valence-corrected chi connectivity index (χ2v) is 6.38. The molecule has 0 N–H and O–H groups in total. The molecule has 1 amide bonds. The van der Waals surface area contributed by atoms with Gasteiger partial charge in [0.2, 0.25) is 0 Å². The van der Waals surface area contributed by atoms with Crippen LogP contribution in [0.15, 0.2) is 35.8 Å². The predicted molar refractivity (Wildman–Crippen MR) is 87.8 cm³/mol. The van der Waals surface area contributed by atoms with Crippen LogP contribution in [0, 0.1) is 0 Å². The summed E-state index contributed by atoms with van der Waals surface area (Å²) in [6.07, 6.45) is 2.61. The van der Waals surface area contributed by atoms with Crippen LogP contribution in [-0.2, 0) is 0 Å². The van der Waals surface area contributed by atoms with Crippen LogP contribution < -0.4 is 9.64 Å². The molecule has 116 valence electrons. The molecule has 2 heterocycles. The van der Waals surface area contributed by atoms with Crippen molar-refractivity contribution < 1.29 is 9.53 Å². The Morgan fingerprint density at radius 3 is 2.77 bits per heavy atom. The van der Waals surface area contributed by atoms with E-state index in [1.165, 1.54) is 11.3 Å². The quantitative estimate of drug-likeness (QED) is 0.869. The smallest absolute Gasteiger partial charge is 0.273 e. The molecule has 1 aliphatic rings.